The fraction of sp³-hybridized carbons (Fsp3) is 0.429. The van der Waals surface area contributed by atoms with Crippen LogP contribution < -0.4 is 20.1 Å². The molecule has 2 aliphatic heterocycles. The number of nitrogens with two attached hydrogens (primary N) is 1. The number of anilines is 1. The summed E-state index contributed by atoms with van der Waals surface area (Å²) in [5, 5.41) is 0. The van der Waals surface area contributed by atoms with Crippen molar-refractivity contribution >= 4 is 5.69 Å². The molecule has 0 bridgehead atoms. The van der Waals surface area contributed by atoms with E-state index in [-0.39, 0.29) is 17.6 Å². The van der Waals surface area contributed by atoms with Crippen LogP contribution in [0.4, 0.5) is 5.69 Å². The largest absolute Gasteiger partial charge is 0.490 e. The maximum absolute atomic E-state index is 6.19. The summed E-state index contributed by atoms with van der Waals surface area (Å²) >= 11 is 0. The summed E-state index contributed by atoms with van der Waals surface area (Å²) in [5.74, 6) is 1.64. The van der Waals surface area contributed by atoms with Crippen molar-refractivity contribution in [1.29, 1.82) is 0 Å². The van der Waals surface area contributed by atoms with E-state index in [9.17, 15) is 0 Å². The van der Waals surface area contributed by atoms with Gasteiger partial charge in [0.2, 0.25) is 0 Å². The highest BCUT2D eigenvalue weighted by molar-refractivity contribution is 5.49. The number of hydrogen-bond acceptors (Lipinski definition) is 7. The molecule has 3 fully saturated rings. The molecule has 2 aromatic carbocycles. The highest BCUT2D eigenvalue weighted by atomic mass is 16.5. The minimum absolute atomic E-state index is 0.235. The van der Waals surface area contributed by atoms with E-state index < -0.39 is 0 Å². The standard InChI is InChI=1S/C28H32N4O3/c1-27(2,19-7-9-22(10-8-19)34-23-11-20(29)12-23)24-5-3-4-6-25(24)35-26-30-13-21(14-31-26)32-15-28(16-32)17-33-18-28/h3-10,13-14,20,23H,11-12,15-18,29H2,1-2H3. The van der Waals surface area contributed by atoms with E-state index in [1.165, 1.54) is 5.56 Å². The molecular weight excluding hydrogens is 440 g/mol. The van der Waals surface area contributed by atoms with Crippen molar-refractivity contribution < 1.29 is 14.2 Å². The smallest absolute Gasteiger partial charge is 0.322 e. The van der Waals surface area contributed by atoms with Gasteiger partial charge in [0, 0.05) is 30.1 Å². The topological polar surface area (TPSA) is 82.7 Å². The van der Waals surface area contributed by atoms with E-state index in [4.69, 9.17) is 19.9 Å². The van der Waals surface area contributed by atoms with Crippen LogP contribution in [-0.2, 0) is 10.2 Å². The quantitative estimate of drug-likeness (QED) is 0.549. The third kappa shape index (κ3) is 4.23. The average Bonchev–Trinajstić information content (AvgIpc) is 2.78. The van der Waals surface area contributed by atoms with Gasteiger partial charge in [-0.3, -0.25) is 0 Å². The molecule has 182 valence electrons. The third-order valence-corrected chi connectivity index (χ3v) is 7.62. The van der Waals surface area contributed by atoms with Gasteiger partial charge in [0.15, 0.2) is 0 Å². The van der Waals surface area contributed by atoms with Crippen LogP contribution in [0.5, 0.6) is 17.5 Å². The zero-order chi connectivity index (χ0) is 24.0. The van der Waals surface area contributed by atoms with E-state index >= 15 is 0 Å². The van der Waals surface area contributed by atoms with E-state index in [0.29, 0.717) is 11.4 Å². The molecule has 7 nitrogen and oxygen atoms in total. The van der Waals surface area contributed by atoms with Crippen LogP contribution >= 0.6 is 0 Å². The molecule has 0 atom stereocenters. The summed E-state index contributed by atoms with van der Waals surface area (Å²) < 4.78 is 17.6. The zero-order valence-corrected chi connectivity index (χ0v) is 20.3. The summed E-state index contributed by atoms with van der Waals surface area (Å²) in [6.45, 7) is 8.14. The van der Waals surface area contributed by atoms with Gasteiger partial charge in [-0.1, -0.05) is 44.2 Å². The summed E-state index contributed by atoms with van der Waals surface area (Å²) in [6.07, 6.45) is 5.77. The molecular formula is C28H32N4O3. The van der Waals surface area contributed by atoms with Crippen molar-refractivity contribution in [3.63, 3.8) is 0 Å². The van der Waals surface area contributed by atoms with Gasteiger partial charge in [-0.2, -0.15) is 0 Å². The number of ether oxygens (including phenoxy) is 3. The normalized spacial score (nSPS) is 22.7. The Bertz CT molecular complexity index is 1180. The fourth-order valence-corrected chi connectivity index (χ4v) is 5.22. The molecule has 1 spiro atoms. The Balaban J connectivity index is 1.15. The predicted octanol–water partition coefficient (Wildman–Crippen LogP) is 4.30. The molecule has 0 radical (unpaired) electrons. The summed E-state index contributed by atoms with van der Waals surface area (Å²) in [4.78, 5) is 11.3. The molecule has 2 N–H and O–H groups in total. The molecule has 1 saturated carbocycles. The van der Waals surface area contributed by atoms with Gasteiger partial charge in [0.1, 0.15) is 17.6 Å². The van der Waals surface area contributed by atoms with Crippen LogP contribution in [0.3, 0.4) is 0 Å². The number of aromatic nitrogens is 2. The molecule has 0 unspecified atom stereocenters. The Labute approximate surface area is 206 Å². The molecule has 6 rings (SSSR count). The van der Waals surface area contributed by atoms with Crippen LogP contribution in [0.1, 0.15) is 37.8 Å². The van der Waals surface area contributed by atoms with E-state index in [2.05, 4.69) is 46.9 Å². The minimum Gasteiger partial charge on any atom is -0.490 e. The van der Waals surface area contributed by atoms with Gasteiger partial charge in [0.05, 0.1) is 36.7 Å². The number of nitrogens with zero attached hydrogens (tertiary/aromatic N) is 3. The maximum atomic E-state index is 6.19. The second-order valence-electron chi connectivity index (χ2n) is 10.8. The van der Waals surface area contributed by atoms with E-state index in [1.54, 1.807) is 0 Å². The lowest BCUT2D eigenvalue weighted by atomic mass is 9.77. The molecule has 1 aromatic heterocycles. The Morgan fingerprint density at radius 1 is 1.00 bits per heavy atom. The maximum Gasteiger partial charge on any atom is 0.322 e. The lowest BCUT2D eigenvalue weighted by molar-refractivity contribution is -0.127. The SMILES string of the molecule is CC(C)(c1ccc(OC2CC(N)C2)cc1)c1ccccc1Oc1ncc(N2CC3(COC3)C2)cn1. The first-order valence-corrected chi connectivity index (χ1v) is 12.4. The van der Waals surface area contributed by atoms with E-state index in [1.807, 2.05) is 42.7 Å². The van der Waals surface area contributed by atoms with Crippen LogP contribution in [0.15, 0.2) is 60.9 Å². The van der Waals surface area contributed by atoms with Gasteiger partial charge in [-0.15, -0.1) is 0 Å². The van der Waals surface area contributed by atoms with Crippen molar-refractivity contribution in [1.82, 2.24) is 9.97 Å². The Morgan fingerprint density at radius 3 is 2.31 bits per heavy atom. The number of para-hydroxylation sites is 1. The first-order chi connectivity index (χ1) is 16.9. The summed E-state index contributed by atoms with van der Waals surface area (Å²) in [6, 6.07) is 17.1. The number of hydrogen-bond donors (Lipinski definition) is 1. The third-order valence-electron chi connectivity index (χ3n) is 7.62. The first kappa shape index (κ1) is 22.3. The van der Waals surface area contributed by atoms with Gasteiger partial charge in [-0.05, 0) is 36.6 Å². The van der Waals surface area contributed by atoms with Crippen LogP contribution in [0.2, 0.25) is 0 Å². The minimum atomic E-state index is -0.287. The number of rotatable bonds is 7. The van der Waals surface area contributed by atoms with Crippen LogP contribution in [0.25, 0.3) is 0 Å². The predicted molar refractivity (Wildman–Crippen MR) is 134 cm³/mol. The highest BCUT2D eigenvalue weighted by Crippen LogP contribution is 2.41. The molecule has 3 aromatic rings. The van der Waals surface area contributed by atoms with Gasteiger partial charge >= 0.3 is 6.01 Å². The number of benzene rings is 2. The Morgan fingerprint density at radius 2 is 1.69 bits per heavy atom. The monoisotopic (exact) mass is 472 g/mol. The average molecular weight is 473 g/mol. The molecule has 35 heavy (non-hydrogen) atoms. The van der Waals surface area contributed by atoms with Gasteiger partial charge in [-0.25, -0.2) is 9.97 Å². The Hall–Kier alpha value is -3.16. The molecule has 3 aliphatic rings. The first-order valence-electron chi connectivity index (χ1n) is 12.4. The second-order valence-corrected chi connectivity index (χ2v) is 10.8. The van der Waals surface area contributed by atoms with Crippen LogP contribution in [-0.4, -0.2) is 48.4 Å². The van der Waals surface area contributed by atoms with E-state index in [0.717, 1.165) is 61.9 Å². The van der Waals surface area contributed by atoms with Crippen molar-refractivity contribution in [2.24, 2.45) is 11.1 Å². The molecule has 1 aliphatic carbocycles. The Kier molecular flexibility index (Phi) is 5.42. The lowest BCUT2D eigenvalue weighted by Crippen LogP contribution is -2.66. The van der Waals surface area contributed by atoms with Crippen molar-refractivity contribution in [3.8, 4) is 17.5 Å². The molecule has 7 heteroatoms. The molecule has 3 heterocycles. The van der Waals surface area contributed by atoms with Crippen molar-refractivity contribution in [2.45, 2.75) is 44.2 Å². The molecule has 2 saturated heterocycles. The van der Waals surface area contributed by atoms with Crippen molar-refractivity contribution in [3.05, 3.63) is 72.1 Å². The molecule has 0 amide bonds. The lowest BCUT2D eigenvalue weighted by Gasteiger charge is -2.55. The van der Waals surface area contributed by atoms with Crippen molar-refractivity contribution in [2.75, 3.05) is 31.2 Å². The fourth-order valence-electron chi connectivity index (χ4n) is 5.22. The zero-order valence-electron chi connectivity index (χ0n) is 20.3. The summed E-state index contributed by atoms with van der Waals surface area (Å²) in [5.41, 5.74) is 9.21. The second kappa shape index (κ2) is 8.50. The summed E-state index contributed by atoms with van der Waals surface area (Å²) in [7, 11) is 0. The van der Waals surface area contributed by atoms with Crippen LogP contribution in [0, 0.1) is 5.41 Å². The van der Waals surface area contributed by atoms with Gasteiger partial charge < -0.3 is 24.8 Å². The van der Waals surface area contributed by atoms with Gasteiger partial charge in [0.25, 0.3) is 0 Å². The highest BCUT2D eigenvalue weighted by Gasteiger charge is 2.49.